The van der Waals surface area contributed by atoms with Crippen LogP contribution in [0.4, 0.5) is 13.2 Å². The summed E-state index contributed by atoms with van der Waals surface area (Å²) in [6.07, 6.45) is -9.26. The summed E-state index contributed by atoms with van der Waals surface area (Å²) in [7, 11) is 1.12. The number of rotatable bonds is 5. The number of aliphatic hydroxyl groups is 2. The minimum Gasteiger partial charge on any atom is -0.468 e. The molecule has 0 aliphatic carbocycles. The van der Waals surface area contributed by atoms with Crippen LogP contribution in [-0.4, -0.2) is 70.8 Å². The van der Waals surface area contributed by atoms with E-state index in [0.717, 1.165) is 17.0 Å². The van der Waals surface area contributed by atoms with E-state index in [9.17, 15) is 28.2 Å². The lowest BCUT2D eigenvalue weighted by atomic mass is 10.2. The molecule has 1 aromatic rings. The molecule has 0 spiro atoms. The number of carbonyl (C=O) groups excluding carboxylic acids is 1. The third-order valence-corrected chi connectivity index (χ3v) is 3.66. The van der Waals surface area contributed by atoms with Gasteiger partial charge in [0.2, 0.25) is 6.35 Å². The van der Waals surface area contributed by atoms with E-state index in [1.165, 1.54) is 24.3 Å². The average Bonchev–Trinajstić information content (AvgIpc) is 2.84. The van der Waals surface area contributed by atoms with Gasteiger partial charge in [-0.1, -0.05) is 11.6 Å². The van der Waals surface area contributed by atoms with E-state index in [0.29, 0.717) is 10.6 Å². The number of amidine groups is 1. The monoisotopic (exact) mass is 381 g/mol. The summed E-state index contributed by atoms with van der Waals surface area (Å²) >= 11 is 5.78. The Morgan fingerprint density at radius 3 is 2.52 bits per heavy atom. The molecule has 1 aliphatic rings. The number of halogens is 4. The number of β-amino-alcohol motifs (C(OH)–C–C–N with tert-alkyl or cyclic N) is 1. The molecule has 138 valence electrons. The highest BCUT2D eigenvalue weighted by molar-refractivity contribution is 6.30. The molecule has 2 N–H and O–H groups in total. The third-order valence-electron chi connectivity index (χ3n) is 3.41. The first-order valence-electron chi connectivity index (χ1n) is 7.01. The molecule has 0 fully saturated rings. The minimum atomic E-state index is -4.87. The standard InChI is InChI=1S/C14H15ClF3N3O4/c1-25-11(23)7-21-13(24)20(6-10(22)14(16,17)18)12(19-21)8-2-4-9(15)5-3-8/h2-5,10,13,22,24H,6-7H2,1H3. The maximum Gasteiger partial charge on any atom is 0.416 e. The number of hydrazone groups is 1. The predicted octanol–water partition coefficient (Wildman–Crippen LogP) is 0.991. The van der Waals surface area contributed by atoms with E-state index in [1.807, 2.05) is 0 Å². The number of esters is 1. The van der Waals surface area contributed by atoms with Gasteiger partial charge in [-0.2, -0.15) is 18.3 Å². The number of nitrogens with zero attached hydrogens (tertiary/aromatic N) is 3. The van der Waals surface area contributed by atoms with Crippen LogP contribution >= 0.6 is 11.6 Å². The van der Waals surface area contributed by atoms with Gasteiger partial charge >= 0.3 is 12.1 Å². The molecule has 0 amide bonds. The van der Waals surface area contributed by atoms with Crippen molar-refractivity contribution in [2.24, 2.45) is 5.10 Å². The Labute approximate surface area is 145 Å². The van der Waals surface area contributed by atoms with Gasteiger partial charge in [0.25, 0.3) is 0 Å². The van der Waals surface area contributed by atoms with E-state index >= 15 is 0 Å². The fraction of sp³-hybridized carbons (Fsp3) is 0.429. The molecule has 0 bridgehead atoms. The van der Waals surface area contributed by atoms with E-state index in [-0.39, 0.29) is 5.84 Å². The molecule has 2 rings (SSSR count). The molecule has 0 aromatic heterocycles. The second-order valence-corrected chi connectivity index (χ2v) is 5.60. The zero-order valence-corrected chi connectivity index (χ0v) is 13.7. The Morgan fingerprint density at radius 2 is 2.00 bits per heavy atom. The van der Waals surface area contributed by atoms with Gasteiger partial charge in [0.1, 0.15) is 6.54 Å². The van der Waals surface area contributed by atoms with Crippen LogP contribution in [0.2, 0.25) is 5.02 Å². The van der Waals surface area contributed by atoms with Gasteiger partial charge in [-0.15, -0.1) is 0 Å². The first-order valence-corrected chi connectivity index (χ1v) is 7.38. The number of alkyl halides is 3. The molecule has 11 heteroatoms. The van der Waals surface area contributed by atoms with Gasteiger partial charge in [-0.3, -0.25) is 4.79 Å². The van der Waals surface area contributed by atoms with Crippen molar-refractivity contribution in [3.63, 3.8) is 0 Å². The quantitative estimate of drug-likeness (QED) is 0.740. The topological polar surface area (TPSA) is 85.6 Å². The van der Waals surface area contributed by atoms with Crippen molar-refractivity contribution in [1.82, 2.24) is 9.91 Å². The number of methoxy groups -OCH3 is 1. The Balaban J connectivity index is 2.31. The van der Waals surface area contributed by atoms with Gasteiger partial charge in [0, 0.05) is 10.6 Å². The van der Waals surface area contributed by atoms with Gasteiger partial charge in [-0.05, 0) is 24.3 Å². The van der Waals surface area contributed by atoms with Gasteiger partial charge in [0.05, 0.1) is 13.7 Å². The van der Waals surface area contributed by atoms with Crippen LogP contribution in [0.25, 0.3) is 0 Å². The van der Waals surface area contributed by atoms with E-state index in [4.69, 9.17) is 11.6 Å². The van der Waals surface area contributed by atoms with Crippen LogP contribution in [-0.2, 0) is 9.53 Å². The Hall–Kier alpha value is -2.04. The van der Waals surface area contributed by atoms with E-state index in [1.54, 1.807) is 0 Å². The van der Waals surface area contributed by atoms with Crippen LogP contribution in [0.1, 0.15) is 5.56 Å². The fourth-order valence-corrected chi connectivity index (χ4v) is 2.23. The first-order chi connectivity index (χ1) is 11.6. The molecule has 2 atom stereocenters. The largest absolute Gasteiger partial charge is 0.468 e. The van der Waals surface area contributed by atoms with Crippen molar-refractivity contribution in [1.29, 1.82) is 0 Å². The van der Waals surface area contributed by atoms with Crippen LogP contribution in [0.5, 0.6) is 0 Å². The Morgan fingerprint density at radius 1 is 1.40 bits per heavy atom. The molecule has 0 saturated heterocycles. The predicted molar refractivity (Wildman–Crippen MR) is 81.5 cm³/mol. The molecule has 1 aromatic carbocycles. The summed E-state index contributed by atoms with van der Waals surface area (Å²) in [5.41, 5.74) is 0.352. The second-order valence-electron chi connectivity index (χ2n) is 5.16. The molecule has 0 saturated carbocycles. The minimum absolute atomic E-state index is 0.0450. The summed E-state index contributed by atoms with van der Waals surface area (Å²) in [6.45, 7) is -1.45. The van der Waals surface area contributed by atoms with Crippen molar-refractivity contribution in [3.8, 4) is 0 Å². The molecule has 7 nitrogen and oxygen atoms in total. The highest BCUT2D eigenvalue weighted by atomic mass is 35.5. The molecule has 25 heavy (non-hydrogen) atoms. The number of hydrogen-bond donors (Lipinski definition) is 2. The summed E-state index contributed by atoms with van der Waals surface area (Å²) < 4.78 is 42.5. The average molecular weight is 382 g/mol. The highest BCUT2D eigenvalue weighted by Gasteiger charge is 2.43. The summed E-state index contributed by atoms with van der Waals surface area (Å²) in [5.74, 6) is -0.784. The summed E-state index contributed by atoms with van der Waals surface area (Å²) in [5, 5.41) is 24.8. The number of carbonyl (C=O) groups is 1. The molecular formula is C14H15ClF3N3O4. The molecule has 2 unspecified atom stereocenters. The zero-order valence-electron chi connectivity index (χ0n) is 12.9. The molecule has 1 heterocycles. The fourth-order valence-electron chi connectivity index (χ4n) is 2.11. The molecule has 0 radical (unpaired) electrons. The molecule has 1 aliphatic heterocycles. The Bertz CT molecular complexity index is 654. The lowest BCUT2D eigenvalue weighted by Crippen LogP contribution is -2.49. The lowest BCUT2D eigenvalue weighted by molar-refractivity contribution is -0.212. The second kappa shape index (κ2) is 7.46. The number of benzene rings is 1. The van der Waals surface area contributed by atoms with Crippen LogP contribution in [0, 0.1) is 0 Å². The first kappa shape index (κ1) is 19.3. The summed E-state index contributed by atoms with van der Waals surface area (Å²) in [6, 6.07) is 5.96. The van der Waals surface area contributed by atoms with Crippen molar-refractivity contribution >= 4 is 23.4 Å². The number of hydrogen-bond acceptors (Lipinski definition) is 7. The third kappa shape index (κ3) is 4.53. The number of aliphatic hydroxyl groups excluding tert-OH is 2. The normalized spacial score (nSPS) is 19.0. The van der Waals surface area contributed by atoms with Gasteiger partial charge in [0.15, 0.2) is 11.9 Å². The summed E-state index contributed by atoms with van der Waals surface area (Å²) in [4.78, 5) is 12.2. The Kier molecular flexibility index (Phi) is 5.76. The van der Waals surface area contributed by atoms with Crippen LogP contribution < -0.4 is 0 Å². The molecular weight excluding hydrogens is 367 g/mol. The van der Waals surface area contributed by atoms with Crippen molar-refractivity contribution in [2.75, 3.05) is 20.2 Å². The lowest BCUT2D eigenvalue weighted by Gasteiger charge is -2.29. The maximum atomic E-state index is 12.7. The van der Waals surface area contributed by atoms with Crippen molar-refractivity contribution < 1.29 is 32.9 Å². The van der Waals surface area contributed by atoms with Gasteiger partial charge in [-0.25, -0.2) is 5.01 Å². The van der Waals surface area contributed by atoms with Crippen molar-refractivity contribution in [3.05, 3.63) is 34.9 Å². The van der Waals surface area contributed by atoms with Crippen molar-refractivity contribution in [2.45, 2.75) is 18.6 Å². The highest BCUT2D eigenvalue weighted by Crippen LogP contribution is 2.26. The maximum absolute atomic E-state index is 12.7. The van der Waals surface area contributed by atoms with E-state index in [2.05, 4.69) is 9.84 Å². The van der Waals surface area contributed by atoms with Gasteiger partial charge < -0.3 is 19.8 Å². The van der Waals surface area contributed by atoms with Crippen LogP contribution in [0.15, 0.2) is 29.4 Å². The smallest absolute Gasteiger partial charge is 0.416 e. The number of ether oxygens (including phenoxy) is 1. The van der Waals surface area contributed by atoms with Crippen LogP contribution in [0.3, 0.4) is 0 Å². The SMILES string of the molecule is COC(=O)CN1N=C(c2ccc(Cl)cc2)N(CC(O)C(F)(F)F)C1O. The zero-order chi connectivity index (χ0) is 18.8. The van der Waals surface area contributed by atoms with E-state index < -0.39 is 37.7 Å².